The molecule has 0 amide bonds. The SMILES string of the molecule is Cc1csc(CC(CO)(CO)c2ccccc2)n1. The maximum absolute atomic E-state index is 9.71. The molecule has 0 saturated heterocycles. The van der Waals surface area contributed by atoms with Crippen LogP contribution < -0.4 is 0 Å². The molecule has 4 heteroatoms. The first kappa shape index (κ1) is 13.2. The van der Waals surface area contributed by atoms with Gasteiger partial charge in [-0.05, 0) is 12.5 Å². The molecule has 2 aromatic rings. The van der Waals surface area contributed by atoms with E-state index in [1.54, 1.807) is 11.3 Å². The summed E-state index contributed by atoms with van der Waals surface area (Å²) in [4.78, 5) is 4.41. The number of thiazole rings is 1. The van der Waals surface area contributed by atoms with Gasteiger partial charge >= 0.3 is 0 Å². The summed E-state index contributed by atoms with van der Waals surface area (Å²) in [5.41, 5.74) is 1.28. The van der Waals surface area contributed by atoms with E-state index in [9.17, 15) is 10.2 Å². The van der Waals surface area contributed by atoms with Crippen LogP contribution in [-0.2, 0) is 11.8 Å². The molecule has 2 N–H and O–H groups in total. The van der Waals surface area contributed by atoms with Crippen LogP contribution in [0.3, 0.4) is 0 Å². The third-order valence-corrected chi connectivity index (χ3v) is 4.11. The van der Waals surface area contributed by atoms with Crippen LogP contribution in [-0.4, -0.2) is 28.4 Å². The number of nitrogens with zero attached hydrogens (tertiary/aromatic N) is 1. The van der Waals surface area contributed by atoms with Crippen LogP contribution in [0.15, 0.2) is 35.7 Å². The molecule has 0 fully saturated rings. The topological polar surface area (TPSA) is 53.4 Å². The first-order valence-corrected chi connectivity index (χ1v) is 6.76. The first-order valence-electron chi connectivity index (χ1n) is 5.88. The summed E-state index contributed by atoms with van der Waals surface area (Å²) in [6.07, 6.45) is 0.558. The molecule has 0 aliphatic rings. The van der Waals surface area contributed by atoms with Crippen molar-refractivity contribution in [1.82, 2.24) is 4.98 Å². The van der Waals surface area contributed by atoms with Crippen molar-refractivity contribution in [1.29, 1.82) is 0 Å². The Kier molecular flexibility index (Phi) is 4.11. The third kappa shape index (κ3) is 2.61. The molecule has 0 spiro atoms. The summed E-state index contributed by atoms with van der Waals surface area (Å²) >= 11 is 1.57. The van der Waals surface area contributed by atoms with Crippen LogP contribution in [0.2, 0.25) is 0 Å². The number of aryl methyl sites for hydroxylation is 1. The van der Waals surface area contributed by atoms with E-state index in [2.05, 4.69) is 4.98 Å². The molecule has 0 aliphatic heterocycles. The van der Waals surface area contributed by atoms with Crippen molar-refractivity contribution in [3.63, 3.8) is 0 Å². The number of hydrogen-bond donors (Lipinski definition) is 2. The Morgan fingerprint density at radius 3 is 2.33 bits per heavy atom. The van der Waals surface area contributed by atoms with Gasteiger partial charge in [-0.15, -0.1) is 11.3 Å². The Labute approximate surface area is 111 Å². The molecule has 3 nitrogen and oxygen atoms in total. The van der Waals surface area contributed by atoms with Gasteiger partial charge in [0.1, 0.15) is 0 Å². The predicted molar refractivity (Wildman–Crippen MR) is 72.8 cm³/mol. The maximum Gasteiger partial charge on any atom is 0.0938 e. The lowest BCUT2D eigenvalue weighted by atomic mass is 9.79. The van der Waals surface area contributed by atoms with Crippen LogP contribution in [0.25, 0.3) is 0 Å². The molecule has 0 aliphatic carbocycles. The zero-order valence-electron chi connectivity index (χ0n) is 10.3. The van der Waals surface area contributed by atoms with E-state index < -0.39 is 5.41 Å². The van der Waals surface area contributed by atoms with Gasteiger partial charge < -0.3 is 10.2 Å². The summed E-state index contributed by atoms with van der Waals surface area (Å²) < 4.78 is 0. The second kappa shape index (κ2) is 5.61. The number of aliphatic hydroxyl groups is 2. The highest BCUT2D eigenvalue weighted by molar-refractivity contribution is 7.09. The fourth-order valence-corrected chi connectivity index (χ4v) is 2.93. The van der Waals surface area contributed by atoms with E-state index in [-0.39, 0.29) is 13.2 Å². The minimum atomic E-state index is -0.647. The Morgan fingerprint density at radius 2 is 1.83 bits per heavy atom. The average Bonchev–Trinajstić information content (AvgIpc) is 2.82. The Hall–Kier alpha value is -1.23. The average molecular weight is 263 g/mol. The predicted octanol–water partition coefficient (Wildman–Crippen LogP) is 1.92. The summed E-state index contributed by atoms with van der Waals surface area (Å²) in [5.74, 6) is 0. The first-order chi connectivity index (χ1) is 8.70. The molecular weight excluding hydrogens is 246 g/mol. The lowest BCUT2D eigenvalue weighted by molar-refractivity contribution is 0.116. The van der Waals surface area contributed by atoms with Gasteiger partial charge in [0.15, 0.2) is 0 Å². The molecule has 2 rings (SSSR count). The summed E-state index contributed by atoms with van der Waals surface area (Å²) in [6.45, 7) is 1.76. The van der Waals surface area contributed by atoms with Crippen molar-refractivity contribution in [3.8, 4) is 0 Å². The quantitative estimate of drug-likeness (QED) is 0.866. The van der Waals surface area contributed by atoms with Gasteiger partial charge in [-0.25, -0.2) is 4.98 Å². The number of rotatable bonds is 5. The lowest BCUT2D eigenvalue weighted by Crippen LogP contribution is -2.37. The monoisotopic (exact) mass is 263 g/mol. The summed E-state index contributed by atoms with van der Waals surface area (Å²) in [5, 5.41) is 22.4. The fraction of sp³-hybridized carbons (Fsp3) is 0.357. The number of aromatic nitrogens is 1. The maximum atomic E-state index is 9.71. The van der Waals surface area contributed by atoms with Crippen molar-refractivity contribution in [2.24, 2.45) is 0 Å². The Bertz CT molecular complexity index is 492. The molecule has 0 atom stereocenters. The highest BCUT2D eigenvalue weighted by atomic mass is 32.1. The third-order valence-electron chi connectivity index (χ3n) is 3.15. The minimum absolute atomic E-state index is 0.0911. The van der Waals surface area contributed by atoms with Crippen LogP contribution in [0.5, 0.6) is 0 Å². The van der Waals surface area contributed by atoms with Gasteiger partial charge in [0.05, 0.1) is 18.2 Å². The van der Waals surface area contributed by atoms with Crippen LogP contribution in [0.4, 0.5) is 0 Å². The van der Waals surface area contributed by atoms with E-state index in [1.165, 1.54) is 0 Å². The normalized spacial score (nSPS) is 11.7. The van der Waals surface area contributed by atoms with Crippen molar-refractivity contribution in [2.45, 2.75) is 18.8 Å². The number of hydrogen-bond acceptors (Lipinski definition) is 4. The molecule has 1 heterocycles. The second-order valence-corrected chi connectivity index (χ2v) is 5.46. The van der Waals surface area contributed by atoms with Gasteiger partial charge in [-0.2, -0.15) is 0 Å². The molecule has 18 heavy (non-hydrogen) atoms. The van der Waals surface area contributed by atoms with E-state index in [4.69, 9.17) is 0 Å². The highest BCUT2D eigenvalue weighted by Crippen LogP contribution is 2.29. The van der Waals surface area contributed by atoms with Crippen LogP contribution in [0, 0.1) is 6.92 Å². The molecule has 1 aromatic carbocycles. The molecule has 0 radical (unpaired) electrons. The second-order valence-electron chi connectivity index (χ2n) is 4.52. The minimum Gasteiger partial charge on any atom is -0.395 e. The van der Waals surface area contributed by atoms with E-state index in [1.807, 2.05) is 42.6 Å². The summed E-state index contributed by atoms with van der Waals surface area (Å²) in [6, 6.07) is 9.64. The highest BCUT2D eigenvalue weighted by Gasteiger charge is 2.32. The number of aliphatic hydroxyl groups excluding tert-OH is 2. The van der Waals surface area contributed by atoms with Crippen LogP contribution in [0.1, 0.15) is 16.3 Å². The molecular formula is C14H17NO2S. The standard InChI is InChI=1S/C14H17NO2S/c1-11-8-18-13(15-11)7-14(9-16,10-17)12-5-3-2-4-6-12/h2-6,8,16-17H,7,9-10H2,1H3. The van der Waals surface area contributed by atoms with Gasteiger partial charge in [0.25, 0.3) is 0 Å². The molecule has 96 valence electrons. The molecule has 0 saturated carbocycles. The molecule has 0 bridgehead atoms. The zero-order valence-corrected chi connectivity index (χ0v) is 11.2. The molecule has 1 aromatic heterocycles. The Balaban J connectivity index is 2.32. The van der Waals surface area contributed by atoms with Crippen molar-refractivity contribution in [2.75, 3.05) is 13.2 Å². The van der Waals surface area contributed by atoms with E-state index >= 15 is 0 Å². The van der Waals surface area contributed by atoms with Crippen LogP contribution >= 0.6 is 11.3 Å². The van der Waals surface area contributed by atoms with Gasteiger partial charge in [0.2, 0.25) is 0 Å². The fourth-order valence-electron chi connectivity index (χ4n) is 2.01. The lowest BCUT2D eigenvalue weighted by Gasteiger charge is -2.29. The van der Waals surface area contributed by atoms with E-state index in [0.717, 1.165) is 16.3 Å². The van der Waals surface area contributed by atoms with Gasteiger partial charge in [-0.1, -0.05) is 30.3 Å². The smallest absolute Gasteiger partial charge is 0.0938 e. The van der Waals surface area contributed by atoms with Gasteiger partial charge in [-0.3, -0.25) is 0 Å². The largest absolute Gasteiger partial charge is 0.395 e. The molecule has 0 unspecified atom stereocenters. The zero-order chi connectivity index (χ0) is 13.0. The number of benzene rings is 1. The Morgan fingerprint density at radius 1 is 1.17 bits per heavy atom. The van der Waals surface area contributed by atoms with Gasteiger partial charge in [0, 0.05) is 22.9 Å². The van der Waals surface area contributed by atoms with Crippen molar-refractivity contribution < 1.29 is 10.2 Å². The van der Waals surface area contributed by atoms with Crippen molar-refractivity contribution in [3.05, 3.63) is 52.0 Å². The van der Waals surface area contributed by atoms with Crippen molar-refractivity contribution >= 4 is 11.3 Å². The summed E-state index contributed by atoms with van der Waals surface area (Å²) in [7, 11) is 0. The van der Waals surface area contributed by atoms with E-state index in [0.29, 0.717) is 6.42 Å².